The van der Waals surface area contributed by atoms with E-state index in [0.29, 0.717) is 12.5 Å². The maximum Gasteiger partial charge on any atom is 0.141 e. The van der Waals surface area contributed by atoms with Gasteiger partial charge in [0.1, 0.15) is 5.65 Å². The summed E-state index contributed by atoms with van der Waals surface area (Å²) in [7, 11) is 0. The summed E-state index contributed by atoms with van der Waals surface area (Å²) >= 11 is 0. The number of pyridine rings is 1. The van der Waals surface area contributed by atoms with Crippen molar-refractivity contribution in [3.05, 3.63) is 35.8 Å². The summed E-state index contributed by atoms with van der Waals surface area (Å²) < 4.78 is 7.46. The average molecular weight is 231 g/mol. The van der Waals surface area contributed by atoms with Crippen LogP contribution < -0.4 is 5.73 Å². The highest BCUT2D eigenvalue weighted by atomic mass is 16.5. The van der Waals surface area contributed by atoms with Crippen molar-refractivity contribution in [3.63, 3.8) is 0 Å². The molecule has 0 unspecified atom stereocenters. The van der Waals surface area contributed by atoms with Gasteiger partial charge in [0.15, 0.2) is 0 Å². The molecule has 17 heavy (non-hydrogen) atoms. The van der Waals surface area contributed by atoms with Crippen molar-refractivity contribution < 1.29 is 4.74 Å². The first-order valence-corrected chi connectivity index (χ1v) is 6.13. The van der Waals surface area contributed by atoms with Crippen molar-refractivity contribution >= 4 is 5.65 Å². The Labute approximate surface area is 100 Å². The lowest BCUT2D eigenvalue weighted by molar-refractivity contribution is 0.0846. The molecule has 0 aromatic carbocycles. The SMILES string of the molecule is NCc1cccn2cc(C3CCOCC3)nc12. The molecule has 90 valence electrons. The van der Waals surface area contributed by atoms with Crippen molar-refractivity contribution in [2.45, 2.75) is 25.3 Å². The molecule has 0 saturated carbocycles. The van der Waals surface area contributed by atoms with Crippen molar-refractivity contribution in [3.8, 4) is 0 Å². The van der Waals surface area contributed by atoms with Gasteiger partial charge in [0.2, 0.25) is 0 Å². The van der Waals surface area contributed by atoms with E-state index in [1.165, 1.54) is 5.69 Å². The number of rotatable bonds is 2. The maximum atomic E-state index is 5.73. The monoisotopic (exact) mass is 231 g/mol. The van der Waals surface area contributed by atoms with Gasteiger partial charge in [0, 0.05) is 43.6 Å². The molecule has 1 saturated heterocycles. The summed E-state index contributed by atoms with van der Waals surface area (Å²) in [5.41, 5.74) is 9.00. The summed E-state index contributed by atoms with van der Waals surface area (Å²) in [6.45, 7) is 2.24. The Balaban J connectivity index is 2.00. The van der Waals surface area contributed by atoms with E-state index in [-0.39, 0.29) is 0 Å². The van der Waals surface area contributed by atoms with Crippen LogP contribution >= 0.6 is 0 Å². The Morgan fingerprint density at radius 2 is 2.24 bits per heavy atom. The average Bonchev–Trinajstić information content (AvgIpc) is 2.83. The molecule has 2 N–H and O–H groups in total. The van der Waals surface area contributed by atoms with Crippen molar-refractivity contribution in [1.82, 2.24) is 9.38 Å². The Bertz CT molecular complexity index is 514. The van der Waals surface area contributed by atoms with Gasteiger partial charge in [0.25, 0.3) is 0 Å². The molecule has 0 atom stereocenters. The van der Waals surface area contributed by atoms with Crippen LogP contribution in [0.2, 0.25) is 0 Å². The number of hydrogen-bond acceptors (Lipinski definition) is 3. The first kappa shape index (κ1) is 10.7. The van der Waals surface area contributed by atoms with E-state index in [0.717, 1.165) is 37.3 Å². The van der Waals surface area contributed by atoms with Gasteiger partial charge in [-0.15, -0.1) is 0 Å². The predicted molar refractivity (Wildman–Crippen MR) is 65.9 cm³/mol. The minimum Gasteiger partial charge on any atom is -0.381 e. The number of ether oxygens (including phenoxy) is 1. The van der Waals surface area contributed by atoms with Crippen LogP contribution in [0.5, 0.6) is 0 Å². The van der Waals surface area contributed by atoms with E-state index in [1.54, 1.807) is 0 Å². The third kappa shape index (κ3) is 1.94. The summed E-state index contributed by atoms with van der Waals surface area (Å²) in [5, 5.41) is 0. The maximum absolute atomic E-state index is 5.73. The minimum atomic E-state index is 0.536. The third-order valence-electron chi connectivity index (χ3n) is 3.44. The molecule has 3 heterocycles. The van der Waals surface area contributed by atoms with Crippen molar-refractivity contribution in [1.29, 1.82) is 0 Å². The number of aromatic nitrogens is 2. The lowest BCUT2D eigenvalue weighted by Crippen LogP contribution is -2.14. The van der Waals surface area contributed by atoms with E-state index in [9.17, 15) is 0 Å². The Hall–Kier alpha value is -1.39. The fourth-order valence-corrected chi connectivity index (χ4v) is 2.44. The normalized spacial score (nSPS) is 17.7. The van der Waals surface area contributed by atoms with Gasteiger partial charge in [-0.25, -0.2) is 4.98 Å². The molecule has 1 aliphatic rings. The molecule has 0 spiro atoms. The lowest BCUT2D eigenvalue weighted by Gasteiger charge is -2.19. The molecular weight excluding hydrogens is 214 g/mol. The van der Waals surface area contributed by atoms with Crippen LogP contribution in [0.1, 0.15) is 30.0 Å². The highest BCUT2D eigenvalue weighted by Gasteiger charge is 2.19. The van der Waals surface area contributed by atoms with E-state index < -0.39 is 0 Å². The van der Waals surface area contributed by atoms with Crippen LogP contribution in [0.25, 0.3) is 5.65 Å². The van der Waals surface area contributed by atoms with Crippen molar-refractivity contribution in [2.75, 3.05) is 13.2 Å². The highest BCUT2D eigenvalue weighted by molar-refractivity contribution is 5.49. The van der Waals surface area contributed by atoms with Gasteiger partial charge in [-0.2, -0.15) is 0 Å². The van der Waals surface area contributed by atoms with Gasteiger partial charge in [-0.05, 0) is 18.9 Å². The fourth-order valence-electron chi connectivity index (χ4n) is 2.44. The van der Waals surface area contributed by atoms with Crippen LogP contribution in [0, 0.1) is 0 Å². The molecule has 0 bridgehead atoms. The molecule has 4 heteroatoms. The molecule has 4 nitrogen and oxygen atoms in total. The molecule has 1 aliphatic heterocycles. The van der Waals surface area contributed by atoms with Crippen LogP contribution in [-0.2, 0) is 11.3 Å². The van der Waals surface area contributed by atoms with E-state index in [4.69, 9.17) is 15.5 Å². The number of nitrogens with two attached hydrogens (primary N) is 1. The molecule has 0 radical (unpaired) electrons. The predicted octanol–water partition coefficient (Wildman–Crippen LogP) is 1.69. The largest absolute Gasteiger partial charge is 0.381 e. The van der Waals surface area contributed by atoms with Crippen LogP contribution in [0.15, 0.2) is 24.5 Å². The Morgan fingerprint density at radius 3 is 3.00 bits per heavy atom. The fraction of sp³-hybridized carbons (Fsp3) is 0.462. The summed E-state index contributed by atoms with van der Waals surface area (Å²) in [6, 6.07) is 4.06. The van der Waals surface area contributed by atoms with Gasteiger partial charge in [0.05, 0.1) is 5.69 Å². The second kappa shape index (κ2) is 4.47. The summed E-state index contributed by atoms with van der Waals surface area (Å²) in [5.74, 6) is 0.536. The summed E-state index contributed by atoms with van der Waals surface area (Å²) in [4.78, 5) is 4.73. The quantitative estimate of drug-likeness (QED) is 0.855. The number of fused-ring (bicyclic) bond motifs is 1. The smallest absolute Gasteiger partial charge is 0.141 e. The Kier molecular flexibility index (Phi) is 2.82. The zero-order valence-electron chi connectivity index (χ0n) is 9.80. The zero-order chi connectivity index (χ0) is 11.7. The second-order valence-corrected chi connectivity index (χ2v) is 4.52. The molecular formula is C13H17N3O. The number of imidazole rings is 1. The Morgan fingerprint density at radius 1 is 1.41 bits per heavy atom. The second-order valence-electron chi connectivity index (χ2n) is 4.52. The van der Waals surface area contributed by atoms with Gasteiger partial charge >= 0.3 is 0 Å². The molecule has 3 rings (SSSR count). The van der Waals surface area contributed by atoms with Crippen molar-refractivity contribution in [2.24, 2.45) is 5.73 Å². The molecule has 2 aromatic heterocycles. The molecule has 2 aromatic rings. The molecule has 1 fully saturated rings. The van der Waals surface area contributed by atoms with E-state index in [1.807, 2.05) is 18.3 Å². The number of nitrogens with zero attached hydrogens (tertiary/aromatic N) is 2. The first-order chi connectivity index (χ1) is 8.38. The number of hydrogen-bond donors (Lipinski definition) is 1. The topological polar surface area (TPSA) is 52.5 Å². The molecule has 0 amide bonds. The van der Waals surface area contributed by atoms with Crippen LogP contribution in [-0.4, -0.2) is 22.6 Å². The highest BCUT2D eigenvalue weighted by Crippen LogP contribution is 2.26. The van der Waals surface area contributed by atoms with Crippen LogP contribution in [0.4, 0.5) is 0 Å². The minimum absolute atomic E-state index is 0.536. The lowest BCUT2D eigenvalue weighted by atomic mass is 9.97. The van der Waals surface area contributed by atoms with Gasteiger partial charge in [-0.1, -0.05) is 6.07 Å². The van der Waals surface area contributed by atoms with E-state index >= 15 is 0 Å². The third-order valence-corrected chi connectivity index (χ3v) is 3.44. The summed E-state index contributed by atoms with van der Waals surface area (Å²) in [6.07, 6.45) is 6.30. The van der Waals surface area contributed by atoms with Gasteiger partial charge in [-0.3, -0.25) is 0 Å². The standard InChI is InChI=1S/C13H17N3O/c14-8-11-2-1-5-16-9-12(15-13(11)16)10-3-6-17-7-4-10/h1-2,5,9-10H,3-4,6-8,14H2. The van der Waals surface area contributed by atoms with Gasteiger partial charge < -0.3 is 14.9 Å². The van der Waals surface area contributed by atoms with Crippen LogP contribution in [0.3, 0.4) is 0 Å². The first-order valence-electron chi connectivity index (χ1n) is 6.13. The molecule has 0 aliphatic carbocycles. The van der Waals surface area contributed by atoms with E-state index in [2.05, 4.69) is 10.6 Å². The zero-order valence-corrected chi connectivity index (χ0v) is 9.80.